The summed E-state index contributed by atoms with van der Waals surface area (Å²) >= 11 is 0. The molecule has 0 radical (unpaired) electrons. The summed E-state index contributed by atoms with van der Waals surface area (Å²) in [5.41, 5.74) is 3.04. The Kier molecular flexibility index (Phi) is 6.73. The minimum Gasteiger partial charge on any atom is -0.508 e. The molecular weight excluding hydrogens is 232 g/mol. The van der Waals surface area contributed by atoms with Crippen LogP contribution in [-0.2, 0) is 6.42 Å². The van der Waals surface area contributed by atoms with Crippen molar-refractivity contribution >= 4 is 0 Å². The van der Waals surface area contributed by atoms with Gasteiger partial charge in [-0.25, -0.2) is 0 Å². The highest BCUT2D eigenvalue weighted by atomic mass is 16.3. The van der Waals surface area contributed by atoms with Gasteiger partial charge in [-0.05, 0) is 35.6 Å². The largest absolute Gasteiger partial charge is 0.508 e. The van der Waals surface area contributed by atoms with Gasteiger partial charge in [-0.15, -0.1) is 0 Å². The number of hydrogen-bond acceptors (Lipinski definition) is 1. The number of benzene rings is 2. The Morgan fingerprint density at radius 2 is 1.47 bits per heavy atom. The molecule has 0 atom stereocenters. The van der Waals surface area contributed by atoms with Crippen molar-refractivity contribution < 1.29 is 5.11 Å². The number of aromatic hydroxyl groups is 1. The van der Waals surface area contributed by atoms with Crippen molar-refractivity contribution in [2.24, 2.45) is 0 Å². The quantitative estimate of drug-likeness (QED) is 0.804. The van der Waals surface area contributed by atoms with Crippen molar-refractivity contribution in [2.75, 3.05) is 0 Å². The average Bonchev–Trinajstić information content (AvgIpc) is 2.41. The SMILES string of the molecule is CCCc1ccccc1C(C)C.Oc1ccccc1. The average molecular weight is 256 g/mol. The first kappa shape index (κ1) is 15.3. The van der Waals surface area contributed by atoms with Crippen molar-refractivity contribution in [2.45, 2.75) is 39.5 Å². The van der Waals surface area contributed by atoms with Gasteiger partial charge in [-0.2, -0.15) is 0 Å². The lowest BCUT2D eigenvalue weighted by Crippen LogP contribution is -1.94. The maximum absolute atomic E-state index is 8.63. The standard InChI is InChI=1S/C12H18.C6H6O/c1-4-7-11-8-5-6-9-12(11)10(2)3;7-6-4-2-1-3-5-6/h5-6,8-10H,4,7H2,1-3H3;1-5,7H. The Labute approximate surface area is 116 Å². The molecule has 0 unspecified atom stereocenters. The summed E-state index contributed by atoms with van der Waals surface area (Å²) in [4.78, 5) is 0. The predicted molar refractivity (Wildman–Crippen MR) is 82.6 cm³/mol. The molecule has 2 rings (SSSR count). The van der Waals surface area contributed by atoms with Gasteiger partial charge in [0, 0.05) is 0 Å². The molecule has 0 fully saturated rings. The molecule has 0 spiro atoms. The molecule has 0 aliphatic rings. The monoisotopic (exact) mass is 256 g/mol. The molecule has 0 saturated heterocycles. The van der Waals surface area contributed by atoms with E-state index in [1.54, 1.807) is 24.3 Å². The number of hydrogen-bond donors (Lipinski definition) is 1. The Bertz CT molecular complexity index is 460. The number of rotatable bonds is 3. The summed E-state index contributed by atoms with van der Waals surface area (Å²) < 4.78 is 0. The fraction of sp³-hybridized carbons (Fsp3) is 0.333. The summed E-state index contributed by atoms with van der Waals surface area (Å²) in [7, 11) is 0. The Balaban J connectivity index is 0.000000218. The lowest BCUT2D eigenvalue weighted by molar-refractivity contribution is 0.475. The molecule has 1 N–H and O–H groups in total. The van der Waals surface area contributed by atoms with Crippen LogP contribution in [0.4, 0.5) is 0 Å². The van der Waals surface area contributed by atoms with E-state index in [2.05, 4.69) is 45.0 Å². The molecule has 102 valence electrons. The van der Waals surface area contributed by atoms with Crippen molar-refractivity contribution in [1.29, 1.82) is 0 Å². The van der Waals surface area contributed by atoms with E-state index in [0.29, 0.717) is 11.7 Å². The zero-order valence-corrected chi connectivity index (χ0v) is 12.1. The topological polar surface area (TPSA) is 20.2 Å². The molecule has 0 aliphatic heterocycles. The summed E-state index contributed by atoms with van der Waals surface area (Å²) in [6.07, 6.45) is 2.46. The minimum atomic E-state index is 0.322. The number of phenols is 1. The summed E-state index contributed by atoms with van der Waals surface area (Å²) in [6, 6.07) is 17.5. The predicted octanol–water partition coefficient (Wildman–Crippen LogP) is 5.15. The summed E-state index contributed by atoms with van der Waals surface area (Å²) in [5, 5.41) is 8.63. The second kappa shape index (κ2) is 8.36. The first-order valence-corrected chi connectivity index (χ1v) is 6.97. The molecule has 0 amide bonds. The second-order valence-corrected chi connectivity index (χ2v) is 4.94. The van der Waals surface area contributed by atoms with Crippen LogP contribution in [0.15, 0.2) is 54.6 Å². The maximum Gasteiger partial charge on any atom is 0.115 e. The van der Waals surface area contributed by atoms with Gasteiger partial charge in [-0.3, -0.25) is 0 Å². The number of para-hydroxylation sites is 1. The minimum absolute atomic E-state index is 0.322. The molecule has 0 aliphatic carbocycles. The molecule has 0 saturated carbocycles. The van der Waals surface area contributed by atoms with Crippen LogP contribution in [0.25, 0.3) is 0 Å². The van der Waals surface area contributed by atoms with Gasteiger partial charge in [0.2, 0.25) is 0 Å². The zero-order chi connectivity index (χ0) is 14.1. The van der Waals surface area contributed by atoms with Gasteiger partial charge in [0.15, 0.2) is 0 Å². The first-order valence-electron chi connectivity index (χ1n) is 6.97. The van der Waals surface area contributed by atoms with Crippen molar-refractivity contribution in [3.8, 4) is 5.75 Å². The van der Waals surface area contributed by atoms with Gasteiger partial charge in [-0.1, -0.05) is 69.7 Å². The van der Waals surface area contributed by atoms with Crippen molar-refractivity contribution in [3.63, 3.8) is 0 Å². The normalized spacial score (nSPS) is 9.89. The van der Waals surface area contributed by atoms with Crippen LogP contribution >= 0.6 is 0 Å². The Hall–Kier alpha value is -1.76. The highest BCUT2D eigenvalue weighted by Crippen LogP contribution is 2.19. The zero-order valence-electron chi connectivity index (χ0n) is 12.1. The Morgan fingerprint density at radius 1 is 0.895 bits per heavy atom. The first-order chi connectivity index (χ1) is 9.15. The van der Waals surface area contributed by atoms with Crippen LogP contribution in [0, 0.1) is 0 Å². The summed E-state index contributed by atoms with van der Waals surface area (Å²) in [6.45, 7) is 6.75. The van der Waals surface area contributed by atoms with E-state index in [1.807, 2.05) is 6.07 Å². The maximum atomic E-state index is 8.63. The van der Waals surface area contributed by atoms with E-state index in [1.165, 1.54) is 24.0 Å². The van der Waals surface area contributed by atoms with Gasteiger partial charge < -0.3 is 5.11 Å². The summed E-state index contributed by atoms with van der Waals surface area (Å²) in [5.74, 6) is 0.982. The highest BCUT2D eigenvalue weighted by molar-refractivity contribution is 5.29. The van der Waals surface area contributed by atoms with Gasteiger partial charge in [0.05, 0.1) is 0 Å². The second-order valence-electron chi connectivity index (χ2n) is 4.94. The Morgan fingerprint density at radius 3 is 1.95 bits per heavy atom. The van der Waals surface area contributed by atoms with E-state index >= 15 is 0 Å². The van der Waals surface area contributed by atoms with Crippen LogP contribution in [0.1, 0.15) is 44.2 Å². The molecule has 1 nitrogen and oxygen atoms in total. The third-order valence-corrected chi connectivity index (χ3v) is 2.95. The van der Waals surface area contributed by atoms with Crippen LogP contribution in [0.2, 0.25) is 0 Å². The lowest BCUT2D eigenvalue weighted by atomic mass is 9.95. The van der Waals surface area contributed by atoms with Crippen LogP contribution in [0.5, 0.6) is 5.75 Å². The fourth-order valence-electron chi connectivity index (χ4n) is 2.02. The number of phenolic OH excluding ortho intramolecular Hbond substituents is 1. The molecule has 0 aromatic heterocycles. The van der Waals surface area contributed by atoms with Crippen molar-refractivity contribution in [3.05, 3.63) is 65.7 Å². The van der Waals surface area contributed by atoms with Gasteiger partial charge in [0.25, 0.3) is 0 Å². The molecule has 0 heterocycles. The van der Waals surface area contributed by atoms with Crippen LogP contribution in [-0.4, -0.2) is 5.11 Å². The van der Waals surface area contributed by atoms with Crippen LogP contribution < -0.4 is 0 Å². The van der Waals surface area contributed by atoms with E-state index < -0.39 is 0 Å². The van der Waals surface area contributed by atoms with Crippen molar-refractivity contribution in [1.82, 2.24) is 0 Å². The molecule has 0 bridgehead atoms. The van der Waals surface area contributed by atoms with E-state index in [9.17, 15) is 0 Å². The lowest BCUT2D eigenvalue weighted by Gasteiger charge is -2.11. The van der Waals surface area contributed by atoms with E-state index in [-0.39, 0.29) is 0 Å². The fourth-order valence-corrected chi connectivity index (χ4v) is 2.02. The van der Waals surface area contributed by atoms with Crippen LogP contribution in [0.3, 0.4) is 0 Å². The third kappa shape index (κ3) is 5.60. The smallest absolute Gasteiger partial charge is 0.115 e. The number of aryl methyl sites for hydroxylation is 1. The van der Waals surface area contributed by atoms with E-state index in [4.69, 9.17) is 5.11 Å². The molecular formula is C18H24O. The van der Waals surface area contributed by atoms with Gasteiger partial charge >= 0.3 is 0 Å². The third-order valence-electron chi connectivity index (χ3n) is 2.95. The van der Waals surface area contributed by atoms with E-state index in [0.717, 1.165) is 0 Å². The molecule has 2 aromatic carbocycles. The molecule has 1 heteroatoms. The highest BCUT2D eigenvalue weighted by Gasteiger charge is 2.03. The molecule has 19 heavy (non-hydrogen) atoms. The van der Waals surface area contributed by atoms with Gasteiger partial charge in [0.1, 0.15) is 5.75 Å². The molecule has 2 aromatic rings.